The zero-order valence-electron chi connectivity index (χ0n) is 6.58. The van der Waals surface area contributed by atoms with Crippen LogP contribution in [0.2, 0.25) is 0 Å². The Labute approximate surface area is 69.6 Å². The fourth-order valence-corrected chi connectivity index (χ4v) is 2.18. The van der Waals surface area contributed by atoms with Gasteiger partial charge in [0.15, 0.2) is 0 Å². The van der Waals surface area contributed by atoms with E-state index in [1.54, 1.807) is 0 Å². The summed E-state index contributed by atoms with van der Waals surface area (Å²) in [6.45, 7) is 1.11. The Morgan fingerprint density at radius 2 is 2.45 bits per heavy atom. The van der Waals surface area contributed by atoms with Gasteiger partial charge in [0.2, 0.25) is 4.80 Å². The molecule has 0 aliphatic carbocycles. The normalized spacial score (nSPS) is 18.5. The summed E-state index contributed by atoms with van der Waals surface area (Å²) in [6, 6.07) is 0. The molecule has 0 aromatic carbocycles. The van der Waals surface area contributed by atoms with Crippen LogP contribution >= 0.6 is 11.5 Å². The lowest BCUT2D eigenvalue weighted by molar-refractivity contribution is 0.509. The third kappa shape index (κ3) is 1.11. The summed E-state index contributed by atoms with van der Waals surface area (Å²) < 4.78 is 6.57. The van der Waals surface area contributed by atoms with Gasteiger partial charge < -0.3 is 4.57 Å². The van der Waals surface area contributed by atoms with E-state index in [1.807, 2.05) is 7.05 Å². The molecule has 4 heteroatoms. The molecular weight excluding hydrogens is 158 g/mol. The number of aromatic nitrogens is 2. The van der Waals surface area contributed by atoms with Gasteiger partial charge in [-0.15, -0.1) is 0 Å². The van der Waals surface area contributed by atoms with E-state index in [-0.39, 0.29) is 0 Å². The van der Waals surface area contributed by atoms with Crippen LogP contribution in [0.5, 0.6) is 0 Å². The highest BCUT2D eigenvalue weighted by atomic mass is 32.1. The van der Waals surface area contributed by atoms with E-state index in [2.05, 4.69) is 13.9 Å². The van der Waals surface area contributed by atoms with E-state index in [1.165, 1.54) is 30.2 Å². The summed E-state index contributed by atoms with van der Waals surface area (Å²) in [7, 11) is 1.83. The van der Waals surface area contributed by atoms with Crippen LogP contribution in [-0.4, -0.2) is 16.0 Å². The number of rotatable bonds is 0. The van der Waals surface area contributed by atoms with Gasteiger partial charge in [-0.25, -0.2) is 0 Å². The molecule has 0 fully saturated rings. The highest BCUT2D eigenvalue weighted by Crippen LogP contribution is 2.10. The average molecular weight is 169 g/mol. The Kier molecular flexibility index (Phi) is 1.77. The summed E-state index contributed by atoms with van der Waals surface area (Å²) in [4.78, 5) is 5.23. The maximum atomic E-state index is 4.34. The molecule has 1 aromatic rings. The van der Waals surface area contributed by atoms with Crippen LogP contribution in [0.15, 0.2) is 4.99 Å². The molecule has 0 bridgehead atoms. The fourth-order valence-electron chi connectivity index (χ4n) is 1.42. The van der Waals surface area contributed by atoms with Crippen LogP contribution in [0.3, 0.4) is 0 Å². The minimum Gasteiger partial charge on any atom is -0.304 e. The Morgan fingerprint density at radius 1 is 1.55 bits per heavy atom. The zero-order valence-corrected chi connectivity index (χ0v) is 7.39. The average Bonchev–Trinajstić information content (AvgIpc) is 2.47. The Bertz CT molecular complexity index is 310. The lowest BCUT2D eigenvalue weighted by atomic mass is 10.2. The highest BCUT2D eigenvalue weighted by molar-refractivity contribution is 7.02. The maximum absolute atomic E-state index is 4.34. The topological polar surface area (TPSA) is 30.2 Å². The number of hydrogen-bond donors (Lipinski definition) is 0. The van der Waals surface area contributed by atoms with Gasteiger partial charge in [-0.1, -0.05) is 0 Å². The molecule has 1 aliphatic heterocycles. The summed E-state index contributed by atoms with van der Waals surface area (Å²) in [5, 5.41) is 0. The lowest BCUT2D eigenvalue weighted by Crippen LogP contribution is -2.21. The second-order valence-electron chi connectivity index (χ2n) is 2.71. The van der Waals surface area contributed by atoms with Crippen LogP contribution in [0.1, 0.15) is 18.7 Å². The summed E-state index contributed by atoms with van der Waals surface area (Å²) >= 11 is 1.51. The largest absolute Gasteiger partial charge is 0.304 e. The van der Waals surface area contributed by atoms with Gasteiger partial charge in [-0.05, 0) is 12.8 Å². The number of aryl methyl sites for hydroxylation is 1. The molecule has 0 spiro atoms. The fraction of sp³-hybridized carbons (Fsp3) is 0.714. The molecule has 0 unspecified atom stereocenters. The first-order valence-electron chi connectivity index (χ1n) is 3.90. The smallest absolute Gasteiger partial charge is 0.203 e. The molecule has 2 rings (SSSR count). The minimum atomic E-state index is 1.07. The molecule has 0 atom stereocenters. The first-order chi connectivity index (χ1) is 5.42. The van der Waals surface area contributed by atoms with E-state index in [0.717, 1.165) is 17.8 Å². The molecule has 11 heavy (non-hydrogen) atoms. The predicted molar refractivity (Wildman–Crippen MR) is 44.5 cm³/mol. The first-order valence-corrected chi connectivity index (χ1v) is 4.67. The molecule has 1 aromatic heterocycles. The van der Waals surface area contributed by atoms with Crippen LogP contribution in [-0.2, 0) is 13.0 Å². The van der Waals surface area contributed by atoms with Crippen molar-refractivity contribution < 1.29 is 0 Å². The molecule has 60 valence electrons. The molecule has 0 N–H and O–H groups in total. The molecule has 3 nitrogen and oxygen atoms in total. The zero-order chi connectivity index (χ0) is 7.68. The molecular formula is C7H11N3S. The van der Waals surface area contributed by atoms with Crippen LogP contribution in [0, 0.1) is 0 Å². The number of hydrogen-bond acceptors (Lipinski definition) is 3. The van der Waals surface area contributed by atoms with Crippen molar-refractivity contribution in [2.24, 2.45) is 4.99 Å². The SMILES string of the molecule is CN=c1snc2n1CCCC2. The van der Waals surface area contributed by atoms with Gasteiger partial charge in [-0.2, -0.15) is 4.37 Å². The van der Waals surface area contributed by atoms with Gasteiger partial charge in [0.05, 0.1) is 0 Å². The van der Waals surface area contributed by atoms with Gasteiger partial charge in [0.1, 0.15) is 5.82 Å². The third-order valence-corrected chi connectivity index (χ3v) is 2.87. The quantitative estimate of drug-likeness (QED) is 0.565. The van der Waals surface area contributed by atoms with E-state index in [9.17, 15) is 0 Å². The van der Waals surface area contributed by atoms with Crippen molar-refractivity contribution in [3.8, 4) is 0 Å². The molecule has 0 saturated carbocycles. The molecule has 0 amide bonds. The molecule has 0 saturated heterocycles. The van der Waals surface area contributed by atoms with Crippen molar-refractivity contribution in [3.05, 3.63) is 10.6 Å². The van der Waals surface area contributed by atoms with Crippen molar-refractivity contribution in [3.63, 3.8) is 0 Å². The summed E-state index contributed by atoms with van der Waals surface area (Å²) in [5.41, 5.74) is 0. The van der Waals surface area contributed by atoms with Crippen molar-refractivity contribution >= 4 is 11.5 Å². The Morgan fingerprint density at radius 3 is 3.27 bits per heavy atom. The van der Waals surface area contributed by atoms with Gasteiger partial charge >= 0.3 is 0 Å². The van der Waals surface area contributed by atoms with Crippen molar-refractivity contribution in [2.75, 3.05) is 7.05 Å². The van der Waals surface area contributed by atoms with Gasteiger partial charge in [-0.3, -0.25) is 4.99 Å². The monoisotopic (exact) mass is 169 g/mol. The summed E-state index contributed by atoms with van der Waals surface area (Å²) in [6.07, 6.45) is 3.69. The van der Waals surface area contributed by atoms with E-state index >= 15 is 0 Å². The van der Waals surface area contributed by atoms with Crippen molar-refractivity contribution in [2.45, 2.75) is 25.8 Å². The van der Waals surface area contributed by atoms with E-state index < -0.39 is 0 Å². The van der Waals surface area contributed by atoms with Crippen molar-refractivity contribution in [1.29, 1.82) is 0 Å². The lowest BCUT2D eigenvalue weighted by Gasteiger charge is -2.11. The molecule has 0 radical (unpaired) electrons. The first kappa shape index (κ1) is 7.03. The van der Waals surface area contributed by atoms with Crippen LogP contribution < -0.4 is 4.80 Å². The van der Waals surface area contributed by atoms with Gasteiger partial charge in [0.25, 0.3) is 0 Å². The number of fused-ring (bicyclic) bond motifs is 1. The Balaban J connectivity index is 2.54. The van der Waals surface area contributed by atoms with Crippen molar-refractivity contribution in [1.82, 2.24) is 8.94 Å². The Hall–Kier alpha value is -0.640. The standard InChI is InChI=1S/C7H11N3S/c1-8-7-10-5-3-2-4-6(10)9-11-7/h2-5H2,1H3. The maximum Gasteiger partial charge on any atom is 0.203 e. The van der Waals surface area contributed by atoms with Gasteiger partial charge in [0, 0.05) is 31.5 Å². The van der Waals surface area contributed by atoms with E-state index in [0.29, 0.717) is 0 Å². The molecule has 2 heterocycles. The van der Waals surface area contributed by atoms with Crippen LogP contribution in [0.4, 0.5) is 0 Å². The molecule has 1 aliphatic rings. The predicted octanol–water partition coefficient (Wildman–Crippen LogP) is 0.811. The highest BCUT2D eigenvalue weighted by Gasteiger charge is 2.10. The second-order valence-corrected chi connectivity index (χ2v) is 3.44. The minimum absolute atomic E-state index is 1.07. The van der Waals surface area contributed by atoms with Crippen LogP contribution in [0.25, 0.3) is 0 Å². The third-order valence-electron chi connectivity index (χ3n) is 2.00. The van der Waals surface area contributed by atoms with E-state index in [4.69, 9.17) is 0 Å². The number of nitrogens with zero attached hydrogens (tertiary/aromatic N) is 3. The summed E-state index contributed by atoms with van der Waals surface area (Å²) in [5.74, 6) is 1.22. The second kappa shape index (κ2) is 2.77.